The second-order valence-electron chi connectivity index (χ2n) is 4.58. The first-order chi connectivity index (χ1) is 8.83. The molecule has 3 heteroatoms. The summed E-state index contributed by atoms with van der Waals surface area (Å²) in [5, 5.41) is 0. The highest BCUT2D eigenvalue weighted by atomic mass is 32.2. The lowest BCUT2D eigenvalue weighted by Gasteiger charge is -2.22. The van der Waals surface area contributed by atoms with E-state index in [-0.39, 0.29) is 0 Å². The molecule has 0 spiro atoms. The number of carbonyl (C=O) groups is 1. The fraction of sp³-hybridized carbons (Fsp3) is 0.533. The molecule has 0 bridgehead atoms. The molecule has 0 aliphatic carbocycles. The van der Waals surface area contributed by atoms with Crippen molar-refractivity contribution in [3.8, 4) is 0 Å². The van der Waals surface area contributed by atoms with Crippen LogP contribution in [0.15, 0.2) is 24.3 Å². The van der Waals surface area contributed by atoms with Crippen molar-refractivity contribution in [2.24, 2.45) is 0 Å². The quantitative estimate of drug-likeness (QED) is 0.758. The molecule has 1 aromatic carbocycles. The lowest BCUT2D eigenvalue weighted by atomic mass is 10.1. The van der Waals surface area contributed by atoms with Crippen LogP contribution in [0.3, 0.4) is 0 Å². The number of hydrogen-bond donors (Lipinski definition) is 0. The average Bonchev–Trinajstić information content (AvgIpc) is 2.54. The molecular weight excluding hydrogens is 242 g/mol. The maximum atomic E-state index is 12.2. The fourth-order valence-corrected chi connectivity index (χ4v) is 3.02. The van der Waals surface area contributed by atoms with Gasteiger partial charge in [-0.15, -0.1) is 0 Å². The summed E-state index contributed by atoms with van der Waals surface area (Å²) in [7, 11) is 0. The third-order valence-corrected chi connectivity index (χ3v) is 4.28. The Morgan fingerprint density at radius 3 is 2.94 bits per heavy atom. The Labute approximate surface area is 114 Å². The molecule has 1 aromatic rings. The van der Waals surface area contributed by atoms with E-state index in [0.717, 1.165) is 43.0 Å². The van der Waals surface area contributed by atoms with Crippen molar-refractivity contribution in [2.45, 2.75) is 32.6 Å². The van der Waals surface area contributed by atoms with Crippen LogP contribution in [0.4, 0.5) is 5.69 Å². The number of rotatable bonds is 5. The van der Waals surface area contributed by atoms with Gasteiger partial charge in [-0.25, -0.2) is 0 Å². The standard InChI is InChI=1S/C15H21NOS/c1-2-18-12-6-11-16-14-9-4-3-7-13(14)8-5-10-15(16)17/h3-4,7,9H,2,5-6,8,10-12H2,1H3. The predicted molar refractivity (Wildman–Crippen MR) is 79.3 cm³/mol. The van der Waals surface area contributed by atoms with Crippen LogP contribution in [0.1, 0.15) is 31.7 Å². The number of aryl methyl sites for hydroxylation is 1. The summed E-state index contributed by atoms with van der Waals surface area (Å²) in [4.78, 5) is 14.2. The molecule has 0 aromatic heterocycles. The van der Waals surface area contributed by atoms with Crippen LogP contribution in [-0.4, -0.2) is 24.0 Å². The molecule has 0 radical (unpaired) electrons. The second-order valence-corrected chi connectivity index (χ2v) is 5.97. The molecule has 1 aliphatic heterocycles. The Balaban J connectivity index is 2.08. The monoisotopic (exact) mass is 263 g/mol. The van der Waals surface area contributed by atoms with E-state index in [2.05, 4.69) is 25.1 Å². The van der Waals surface area contributed by atoms with E-state index in [1.807, 2.05) is 22.7 Å². The summed E-state index contributed by atoms with van der Waals surface area (Å²) >= 11 is 1.95. The lowest BCUT2D eigenvalue weighted by molar-refractivity contribution is -0.118. The van der Waals surface area contributed by atoms with E-state index in [0.29, 0.717) is 12.3 Å². The summed E-state index contributed by atoms with van der Waals surface area (Å²) < 4.78 is 0. The molecule has 0 saturated carbocycles. The van der Waals surface area contributed by atoms with Crippen LogP contribution in [0, 0.1) is 0 Å². The van der Waals surface area contributed by atoms with Crippen molar-refractivity contribution in [1.29, 1.82) is 0 Å². The smallest absolute Gasteiger partial charge is 0.226 e. The molecule has 0 saturated heterocycles. The minimum atomic E-state index is 0.293. The first kappa shape index (κ1) is 13.5. The van der Waals surface area contributed by atoms with Gasteiger partial charge in [0, 0.05) is 18.7 Å². The van der Waals surface area contributed by atoms with Crippen LogP contribution in [-0.2, 0) is 11.2 Å². The van der Waals surface area contributed by atoms with Gasteiger partial charge < -0.3 is 4.90 Å². The van der Waals surface area contributed by atoms with Gasteiger partial charge in [0.2, 0.25) is 5.91 Å². The zero-order valence-corrected chi connectivity index (χ0v) is 11.8. The molecule has 0 unspecified atom stereocenters. The summed E-state index contributed by atoms with van der Waals surface area (Å²) in [5.74, 6) is 2.59. The van der Waals surface area contributed by atoms with Gasteiger partial charge in [-0.05, 0) is 42.4 Å². The maximum absolute atomic E-state index is 12.2. The molecule has 0 atom stereocenters. The third-order valence-electron chi connectivity index (χ3n) is 3.29. The van der Waals surface area contributed by atoms with Crippen LogP contribution in [0.5, 0.6) is 0 Å². The highest BCUT2D eigenvalue weighted by molar-refractivity contribution is 7.99. The van der Waals surface area contributed by atoms with E-state index >= 15 is 0 Å². The number of para-hydroxylation sites is 1. The number of amides is 1. The van der Waals surface area contributed by atoms with Gasteiger partial charge >= 0.3 is 0 Å². The third kappa shape index (κ3) is 3.29. The first-order valence-corrected chi connectivity index (χ1v) is 7.94. The van der Waals surface area contributed by atoms with Gasteiger partial charge in [-0.2, -0.15) is 11.8 Å². The maximum Gasteiger partial charge on any atom is 0.226 e. The van der Waals surface area contributed by atoms with Crippen molar-refractivity contribution in [1.82, 2.24) is 0 Å². The highest BCUT2D eigenvalue weighted by Crippen LogP contribution is 2.26. The van der Waals surface area contributed by atoms with Gasteiger partial charge in [0.25, 0.3) is 0 Å². The van der Waals surface area contributed by atoms with Crippen molar-refractivity contribution in [3.05, 3.63) is 29.8 Å². The summed E-state index contributed by atoms with van der Waals surface area (Å²) in [6, 6.07) is 8.35. The van der Waals surface area contributed by atoms with E-state index in [1.165, 1.54) is 5.56 Å². The van der Waals surface area contributed by atoms with Gasteiger partial charge in [0.1, 0.15) is 0 Å². The Hall–Kier alpha value is -0.960. The molecule has 98 valence electrons. The summed E-state index contributed by atoms with van der Waals surface area (Å²) in [6.45, 7) is 3.04. The van der Waals surface area contributed by atoms with Crippen molar-refractivity contribution >= 4 is 23.4 Å². The van der Waals surface area contributed by atoms with Crippen molar-refractivity contribution in [2.75, 3.05) is 23.0 Å². The van der Waals surface area contributed by atoms with Crippen LogP contribution >= 0.6 is 11.8 Å². The number of benzene rings is 1. The molecule has 1 heterocycles. The zero-order chi connectivity index (χ0) is 12.8. The first-order valence-electron chi connectivity index (χ1n) is 6.79. The number of carbonyl (C=O) groups excluding carboxylic acids is 1. The fourth-order valence-electron chi connectivity index (χ4n) is 2.40. The Morgan fingerprint density at radius 2 is 2.11 bits per heavy atom. The van der Waals surface area contributed by atoms with E-state index in [9.17, 15) is 4.79 Å². The predicted octanol–water partition coefficient (Wildman–Crippen LogP) is 3.50. The Kier molecular flexibility index (Phi) is 5.12. The van der Waals surface area contributed by atoms with Crippen molar-refractivity contribution < 1.29 is 4.79 Å². The van der Waals surface area contributed by atoms with E-state index in [1.54, 1.807) is 0 Å². The minimum absolute atomic E-state index is 0.293. The Bertz CT molecular complexity index is 405. The van der Waals surface area contributed by atoms with Crippen LogP contribution < -0.4 is 4.90 Å². The number of anilines is 1. The molecule has 0 fully saturated rings. The highest BCUT2D eigenvalue weighted by Gasteiger charge is 2.20. The SMILES string of the molecule is CCSCCCN1C(=O)CCCc2ccccc21. The lowest BCUT2D eigenvalue weighted by Crippen LogP contribution is -2.31. The number of fused-ring (bicyclic) bond motifs is 1. The summed E-state index contributed by atoms with van der Waals surface area (Å²) in [5.41, 5.74) is 2.47. The van der Waals surface area contributed by atoms with Gasteiger partial charge in [0.05, 0.1) is 0 Å². The van der Waals surface area contributed by atoms with Gasteiger partial charge in [0.15, 0.2) is 0 Å². The average molecular weight is 263 g/mol. The molecule has 18 heavy (non-hydrogen) atoms. The molecular formula is C15H21NOS. The molecule has 1 amide bonds. The number of nitrogens with zero attached hydrogens (tertiary/aromatic N) is 1. The van der Waals surface area contributed by atoms with Crippen molar-refractivity contribution in [3.63, 3.8) is 0 Å². The molecule has 2 rings (SSSR count). The van der Waals surface area contributed by atoms with Crippen LogP contribution in [0.25, 0.3) is 0 Å². The zero-order valence-electron chi connectivity index (χ0n) is 11.0. The van der Waals surface area contributed by atoms with Crippen LogP contribution in [0.2, 0.25) is 0 Å². The number of hydrogen-bond acceptors (Lipinski definition) is 2. The normalized spacial score (nSPS) is 15.4. The topological polar surface area (TPSA) is 20.3 Å². The van der Waals surface area contributed by atoms with Gasteiger partial charge in [-0.3, -0.25) is 4.79 Å². The summed E-state index contributed by atoms with van der Waals surface area (Å²) in [6.07, 6.45) is 3.78. The van der Waals surface area contributed by atoms with E-state index < -0.39 is 0 Å². The molecule has 2 nitrogen and oxygen atoms in total. The van der Waals surface area contributed by atoms with Gasteiger partial charge in [-0.1, -0.05) is 25.1 Å². The number of thioether (sulfide) groups is 1. The Morgan fingerprint density at radius 1 is 1.28 bits per heavy atom. The molecule has 0 N–H and O–H groups in total. The largest absolute Gasteiger partial charge is 0.312 e. The molecule has 1 aliphatic rings. The second kappa shape index (κ2) is 6.83. The minimum Gasteiger partial charge on any atom is -0.312 e. The van der Waals surface area contributed by atoms with E-state index in [4.69, 9.17) is 0 Å².